The van der Waals surface area contributed by atoms with Crippen LogP contribution in [0.4, 0.5) is 0 Å². The molecule has 0 spiro atoms. The monoisotopic (exact) mass is 299 g/mol. The number of likely N-dealkylation sites (tertiary alicyclic amines) is 1. The third-order valence-electron chi connectivity index (χ3n) is 4.19. The third-order valence-corrected chi connectivity index (χ3v) is 5.50. The van der Waals surface area contributed by atoms with Gasteiger partial charge in [0, 0.05) is 25.2 Å². The fourth-order valence-electron chi connectivity index (χ4n) is 3.27. The number of hydrogen-bond donors (Lipinski definition) is 0. The van der Waals surface area contributed by atoms with Gasteiger partial charge in [-0.15, -0.1) is 0 Å². The lowest BCUT2D eigenvalue weighted by Gasteiger charge is -2.24. The van der Waals surface area contributed by atoms with Gasteiger partial charge in [0.05, 0.1) is 12.5 Å². The first-order chi connectivity index (χ1) is 9.39. The zero-order chi connectivity index (χ0) is 14.5. The summed E-state index contributed by atoms with van der Waals surface area (Å²) in [5.41, 5.74) is 0.462. The summed E-state index contributed by atoms with van der Waals surface area (Å²) in [5.74, 6) is 0.378. The molecule has 110 valence electrons. The molecule has 2 fully saturated rings. The Morgan fingerprint density at radius 3 is 2.65 bits per heavy atom. The predicted molar refractivity (Wildman–Crippen MR) is 70.6 cm³/mol. The first kappa shape index (κ1) is 13.6. The minimum Gasteiger partial charge on any atom is -0.361 e. The van der Waals surface area contributed by atoms with E-state index in [1.165, 1.54) is 16.8 Å². The van der Waals surface area contributed by atoms with Gasteiger partial charge in [0.15, 0.2) is 0 Å². The minimum atomic E-state index is -3.20. The fourth-order valence-corrected chi connectivity index (χ4v) is 4.44. The van der Waals surface area contributed by atoms with Gasteiger partial charge < -0.3 is 9.42 Å². The molecule has 2 saturated heterocycles. The second-order valence-electron chi connectivity index (χ2n) is 5.38. The number of rotatable bonds is 2. The Kier molecular flexibility index (Phi) is 3.09. The molecule has 8 heteroatoms. The lowest BCUT2D eigenvalue weighted by Crippen LogP contribution is -2.41. The van der Waals surface area contributed by atoms with Crippen LogP contribution in [-0.4, -0.2) is 60.1 Å². The Bertz CT molecular complexity index is 639. The smallest absolute Gasteiger partial charge is 0.259 e. The number of nitrogens with zero attached hydrogens (tertiary/aromatic N) is 3. The van der Waals surface area contributed by atoms with Gasteiger partial charge in [-0.25, -0.2) is 8.42 Å². The zero-order valence-corrected chi connectivity index (χ0v) is 12.3. The summed E-state index contributed by atoms with van der Waals surface area (Å²) in [7, 11) is -3.20. The van der Waals surface area contributed by atoms with E-state index in [0.29, 0.717) is 37.3 Å². The largest absolute Gasteiger partial charge is 0.361 e. The van der Waals surface area contributed by atoms with Crippen molar-refractivity contribution < 1.29 is 17.7 Å². The van der Waals surface area contributed by atoms with Crippen LogP contribution in [0.3, 0.4) is 0 Å². The van der Waals surface area contributed by atoms with Crippen molar-refractivity contribution >= 4 is 15.9 Å². The van der Waals surface area contributed by atoms with Gasteiger partial charge in [-0.3, -0.25) is 4.79 Å². The molecule has 0 unspecified atom stereocenters. The molecule has 2 aliphatic rings. The number of hydrogen-bond acceptors (Lipinski definition) is 5. The Balaban J connectivity index is 1.83. The lowest BCUT2D eigenvalue weighted by atomic mass is 10.1. The minimum absolute atomic E-state index is 0.0356. The quantitative estimate of drug-likeness (QED) is 0.780. The second kappa shape index (κ2) is 4.56. The number of carbonyl (C=O) groups excluding carboxylic acids is 1. The average molecular weight is 299 g/mol. The van der Waals surface area contributed by atoms with Crippen LogP contribution in [0.15, 0.2) is 10.7 Å². The van der Waals surface area contributed by atoms with Crippen molar-refractivity contribution in [1.29, 1.82) is 0 Å². The number of sulfonamides is 1. The van der Waals surface area contributed by atoms with E-state index in [9.17, 15) is 13.2 Å². The molecule has 20 heavy (non-hydrogen) atoms. The summed E-state index contributed by atoms with van der Waals surface area (Å²) in [6, 6.07) is -0.124. The van der Waals surface area contributed by atoms with Crippen LogP contribution in [0, 0.1) is 6.92 Å². The molecular formula is C12H17N3O4S. The molecule has 0 aromatic carbocycles. The highest BCUT2D eigenvalue weighted by molar-refractivity contribution is 7.88. The highest BCUT2D eigenvalue weighted by atomic mass is 32.2. The molecule has 0 N–H and O–H groups in total. The molecule has 1 aromatic heterocycles. The van der Waals surface area contributed by atoms with Crippen LogP contribution in [0.1, 0.15) is 29.0 Å². The Hall–Kier alpha value is -1.41. The van der Waals surface area contributed by atoms with Gasteiger partial charge in [-0.05, 0) is 19.8 Å². The zero-order valence-electron chi connectivity index (χ0n) is 11.4. The van der Waals surface area contributed by atoms with Crippen molar-refractivity contribution in [3.63, 3.8) is 0 Å². The van der Waals surface area contributed by atoms with Crippen LogP contribution in [0.25, 0.3) is 0 Å². The molecule has 1 aromatic rings. The Morgan fingerprint density at radius 2 is 2.05 bits per heavy atom. The van der Waals surface area contributed by atoms with Gasteiger partial charge in [-0.1, -0.05) is 5.16 Å². The molecular weight excluding hydrogens is 282 g/mol. The summed E-state index contributed by atoms with van der Waals surface area (Å²) in [5, 5.41) is 3.63. The van der Waals surface area contributed by atoms with Crippen LogP contribution in [-0.2, 0) is 10.0 Å². The second-order valence-corrected chi connectivity index (χ2v) is 7.32. The van der Waals surface area contributed by atoms with Crippen molar-refractivity contribution in [3.8, 4) is 0 Å². The van der Waals surface area contributed by atoms with E-state index in [1.807, 2.05) is 0 Å². The normalized spacial score (nSPS) is 27.0. The molecule has 0 saturated carbocycles. The first-order valence-corrected chi connectivity index (χ1v) is 8.43. The maximum absolute atomic E-state index is 12.5. The number of fused-ring (bicyclic) bond motifs is 1. The van der Waals surface area contributed by atoms with E-state index in [2.05, 4.69) is 5.16 Å². The standard InChI is InChI=1S/C12H17N3O4S/c1-8-9(7-13-19-8)12(16)14-5-3-11-10(14)4-6-15(11)20(2,17)18/h7,10-11H,3-6H2,1-2H3/t10-,11+/m0/s1. The summed E-state index contributed by atoms with van der Waals surface area (Å²) < 4.78 is 29.9. The van der Waals surface area contributed by atoms with Crippen molar-refractivity contribution in [2.75, 3.05) is 19.3 Å². The van der Waals surface area contributed by atoms with Crippen molar-refractivity contribution in [1.82, 2.24) is 14.4 Å². The van der Waals surface area contributed by atoms with Gasteiger partial charge in [0.2, 0.25) is 10.0 Å². The summed E-state index contributed by atoms with van der Waals surface area (Å²) in [6.45, 7) is 2.76. The number of aromatic nitrogens is 1. The summed E-state index contributed by atoms with van der Waals surface area (Å²) in [6.07, 6.45) is 4.03. The van der Waals surface area contributed by atoms with Crippen molar-refractivity contribution in [3.05, 3.63) is 17.5 Å². The van der Waals surface area contributed by atoms with Gasteiger partial charge >= 0.3 is 0 Å². The van der Waals surface area contributed by atoms with Crippen LogP contribution in [0.5, 0.6) is 0 Å². The first-order valence-electron chi connectivity index (χ1n) is 6.58. The van der Waals surface area contributed by atoms with E-state index >= 15 is 0 Å². The molecule has 2 aliphatic heterocycles. The molecule has 7 nitrogen and oxygen atoms in total. The number of carbonyl (C=O) groups is 1. The molecule has 0 aliphatic carbocycles. The van der Waals surface area contributed by atoms with E-state index in [0.717, 1.165) is 0 Å². The van der Waals surface area contributed by atoms with Crippen LogP contribution in [0.2, 0.25) is 0 Å². The van der Waals surface area contributed by atoms with E-state index in [-0.39, 0.29) is 18.0 Å². The molecule has 0 radical (unpaired) electrons. The maximum atomic E-state index is 12.5. The van der Waals surface area contributed by atoms with E-state index in [1.54, 1.807) is 11.8 Å². The average Bonchev–Trinajstić information content (AvgIpc) is 3.00. The van der Waals surface area contributed by atoms with Crippen LogP contribution < -0.4 is 0 Å². The Morgan fingerprint density at radius 1 is 1.35 bits per heavy atom. The molecule has 3 rings (SSSR count). The SMILES string of the molecule is Cc1oncc1C(=O)N1CC[C@@H]2[C@@H]1CCN2S(C)(=O)=O. The maximum Gasteiger partial charge on any atom is 0.259 e. The highest BCUT2D eigenvalue weighted by Crippen LogP contribution is 2.34. The topological polar surface area (TPSA) is 83.7 Å². The van der Waals surface area contributed by atoms with E-state index < -0.39 is 10.0 Å². The number of amides is 1. The van der Waals surface area contributed by atoms with E-state index in [4.69, 9.17) is 4.52 Å². The summed E-state index contributed by atoms with van der Waals surface area (Å²) >= 11 is 0. The third kappa shape index (κ3) is 2.03. The highest BCUT2D eigenvalue weighted by Gasteiger charge is 2.47. The lowest BCUT2D eigenvalue weighted by molar-refractivity contribution is 0.0733. The predicted octanol–water partition coefficient (Wildman–Crippen LogP) is 0.231. The Labute approximate surface area is 117 Å². The molecule has 0 bridgehead atoms. The number of aryl methyl sites for hydroxylation is 1. The molecule has 2 atom stereocenters. The summed E-state index contributed by atoms with van der Waals surface area (Å²) in [4.78, 5) is 14.2. The molecule has 1 amide bonds. The van der Waals surface area contributed by atoms with Gasteiger partial charge in [-0.2, -0.15) is 4.31 Å². The molecule has 3 heterocycles. The fraction of sp³-hybridized carbons (Fsp3) is 0.667. The van der Waals surface area contributed by atoms with Crippen molar-refractivity contribution in [2.24, 2.45) is 0 Å². The van der Waals surface area contributed by atoms with Gasteiger partial charge in [0.25, 0.3) is 5.91 Å². The van der Waals surface area contributed by atoms with Crippen molar-refractivity contribution in [2.45, 2.75) is 31.8 Å². The van der Waals surface area contributed by atoms with Gasteiger partial charge in [0.1, 0.15) is 11.3 Å². The van der Waals surface area contributed by atoms with Crippen LogP contribution >= 0.6 is 0 Å².